The van der Waals surface area contributed by atoms with Gasteiger partial charge in [0.1, 0.15) is 48.5 Å². The summed E-state index contributed by atoms with van der Waals surface area (Å²) in [5, 5.41) is 89.8. The maximum atomic E-state index is 14.5. The van der Waals surface area contributed by atoms with Gasteiger partial charge in [0.05, 0.1) is 43.0 Å². The highest BCUT2D eigenvalue weighted by Crippen LogP contribution is 2.30. The number of aliphatic hydroxyl groups is 6. The lowest BCUT2D eigenvalue weighted by Crippen LogP contribution is -2.64. The van der Waals surface area contributed by atoms with Crippen molar-refractivity contribution >= 4 is 47.4 Å². The third kappa shape index (κ3) is 14.7. The van der Waals surface area contributed by atoms with Gasteiger partial charge in [0.2, 0.25) is 41.4 Å². The fourth-order valence-electron chi connectivity index (χ4n) is 8.60. The van der Waals surface area contributed by atoms with Gasteiger partial charge in [-0.2, -0.15) is 0 Å². The molecular formula is C47H66N8O17. The number of aromatic hydroxyl groups is 1. The average molecular weight is 1020 g/mol. The number of amides is 8. The van der Waals surface area contributed by atoms with E-state index in [2.05, 4.69) is 26.6 Å². The van der Waals surface area contributed by atoms with Crippen LogP contribution in [0, 0.1) is 5.92 Å². The third-order valence-corrected chi connectivity index (χ3v) is 12.2. The molecule has 3 aliphatic heterocycles. The number of ether oxygens (including phenoxy) is 2. The molecule has 25 nitrogen and oxygen atoms in total. The minimum absolute atomic E-state index is 0.0571. The number of alkyl carbamates (subject to hydrolysis) is 1. The Morgan fingerprint density at radius 3 is 2.06 bits per heavy atom. The topological polar surface area (TPSA) is 389 Å². The number of nitrogens with zero attached hydrogens (tertiary/aromatic N) is 2. The van der Waals surface area contributed by atoms with Crippen molar-refractivity contribution < 1.29 is 83.6 Å². The Morgan fingerprint density at radius 1 is 0.792 bits per heavy atom. The Balaban J connectivity index is 1.56. The van der Waals surface area contributed by atoms with Gasteiger partial charge in [-0.1, -0.05) is 43.3 Å². The zero-order chi connectivity index (χ0) is 53.4. The van der Waals surface area contributed by atoms with Crippen LogP contribution in [0.3, 0.4) is 0 Å². The van der Waals surface area contributed by atoms with E-state index in [0.717, 1.165) is 22.3 Å². The number of nitrogens with two attached hydrogens (primary N) is 1. The second kappa shape index (κ2) is 24.2. The van der Waals surface area contributed by atoms with E-state index in [9.17, 15) is 74.1 Å². The van der Waals surface area contributed by atoms with Crippen molar-refractivity contribution in [3.05, 3.63) is 59.7 Å². The molecule has 0 spiro atoms. The maximum absolute atomic E-state index is 14.5. The molecule has 3 aliphatic rings. The minimum atomic E-state index is -2.16. The normalized spacial score (nSPS) is 28.4. The van der Waals surface area contributed by atoms with Crippen LogP contribution in [0.25, 0.3) is 0 Å². The van der Waals surface area contributed by atoms with Crippen LogP contribution in [0.1, 0.15) is 65.0 Å². The highest BCUT2D eigenvalue weighted by Gasteiger charge is 2.50. The first kappa shape index (κ1) is 56.3. The lowest BCUT2D eigenvalue weighted by molar-refractivity contribution is -0.147. The number of phenolic OH excluding ortho intramolecular Hbond substituents is 1. The van der Waals surface area contributed by atoms with Gasteiger partial charge in [0.25, 0.3) is 0 Å². The summed E-state index contributed by atoms with van der Waals surface area (Å²) >= 11 is 0. The van der Waals surface area contributed by atoms with Crippen molar-refractivity contribution in [2.24, 2.45) is 11.7 Å². The first-order chi connectivity index (χ1) is 33.7. The van der Waals surface area contributed by atoms with Gasteiger partial charge < -0.3 is 87.3 Å². The van der Waals surface area contributed by atoms with Crippen LogP contribution < -0.4 is 37.1 Å². The maximum Gasteiger partial charge on any atom is 0.408 e. The van der Waals surface area contributed by atoms with E-state index in [0.29, 0.717) is 0 Å². The molecule has 0 unspecified atom stereocenters. The van der Waals surface area contributed by atoms with E-state index in [4.69, 9.17) is 15.2 Å². The molecule has 14 N–H and O–H groups in total. The number of primary amides is 1. The molecule has 2 aromatic rings. The predicted octanol–water partition coefficient (Wildman–Crippen LogP) is -4.11. The summed E-state index contributed by atoms with van der Waals surface area (Å²) in [5.74, 6) is -9.43. The van der Waals surface area contributed by atoms with E-state index >= 15 is 0 Å². The molecule has 13 atom stereocenters. The molecule has 0 saturated carbocycles. The minimum Gasteiger partial charge on any atom is -0.504 e. The standard InChI is InChI=1S/C47H66N8O17/c1-22-19-55-38(39(22)63)43(67)49-18-26(57)15-28(50-46(70)72-47(3,4)5)40(64)51-35(23(2)56)44(68)54-20-27(58)16-29(54)41(65)52-36(42(66)53-37(45(55)69)32(61)17-34(48)62)31(60)14-25-11-12-33(30(59)13-25)71-21-24-9-7-6-8-10-24/h6-13,22-23,26-29,31-32,35-39,56-61,63H,14-21H2,1-5H3,(H2,48,62)(H,49,67)(H,50,70)(H,51,64)(H,52,65)(H,53,66)/t22-,23+,26+,27+,28-,29-,31+,32+,35-,36-,37-,38-,39-/m0/s1. The molecule has 0 bridgehead atoms. The van der Waals surface area contributed by atoms with Crippen molar-refractivity contribution in [1.29, 1.82) is 0 Å². The predicted molar refractivity (Wildman–Crippen MR) is 249 cm³/mol. The Bertz CT molecular complexity index is 2300. The number of aliphatic hydroxyl groups excluding tert-OH is 6. The zero-order valence-corrected chi connectivity index (χ0v) is 40.5. The summed E-state index contributed by atoms with van der Waals surface area (Å²) in [4.78, 5) is 112. The van der Waals surface area contributed by atoms with Gasteiger partial charge in [-0.05, 0) is 51.0 Å². The summed E-state index contributed by atoms with van der Waals surface area (Å²) in [6.07, 6.45) is -14.2. The van der Waals surface area contributed by atoms with Crippen molar-refractivity contribution in [3.63, 3.8) is 0 Å². The van der Waals surface area contributed by atoms with Gasteiger partial charge in [-0.25, -0.2) is 4.79 Å². The highest BCUT2D eigenvalue weighted by molar-refractivity contribution is 5.98. The lowest BCUT2D eigenvalue weighted by Gasteiger charge is -2.33. The molecule has 3 saturated heterocycles. The van der Waals surface area contributed by atoms with Gasteiger partial charge in [0, 0.05) is 44.8 Å². The van der Waals surface area contributed by atoms with Crippen LogP contribution in [0.5, 0.6) is 11.5 Å². The quantitative estimate of drug-likeness (QED) is 0.102. The molecular weight excluding hydrogens is 949 g/mol. The first-order valence-corrected chi connectivity index (χ1v) is 23.4. The number of phenols is 1. The third-order valence-electron chi connectivity index (χ3n) is 12.2. The number of hydrogen-bond donors (Lipinski definition) is 13. The summed E-state index contributed by atoms with van der Waals surface area (Å²) in [5.41, 5.74) is 5.27. The number of β-amino-alcohol motifs (C(OH)–C–C–N with tert-alkyl or cyclic N) is 1. The monoisotopic (exact) mass is 1010 g/mol. The Labute approximate surface area is 414 Å². The van der Waals surface area contributed by atoms with Gasteiger partial charge in [-0.15, -0.1) is 0 Å². The average Bonchev–Trinajstić information content (AvgIpc) is 3.84. The van der Waals surface area contributed by atoms with E-state index in [1.165, 1.54) is 45.9 Å². The fourth-order valence-corrected chi connectivity index (χ4v) is 8.60. The summed E-state index contributed by atoms with van der Waals surface area (Å²) in [6.45, 7) is 5.68. The second-order valence-corrected chi connectivity index (χ2v) is 19.4. The molecule has 3 fully saturated rings. The van der Waals surface area contributed by atoms with Crippen LogP contribution in [0.15, 0.2) is 48.5 Å². The largest absolute Gasteiger partial charge is 0.504 e. The Kier molecular flexibility index (Phi) is 18.9. The number of nitrogens with one attached hydrogen (secondary N) is 5. The summed E-state index contributed by atoms with van der Waals surface area (Å²) in [6, 6.07) is 1.72. The van der Waals surface area contributed by atoms with Crippen molar-refractivity contribution in [1.82, 2.24) is 36.4 Å². The van der Waals surface area contributed by atoms with Gasteiger partial charge in [-0.3, -0.25) is 33.6 Å². The fraction of sp³-hybridized carbons (Fsp3) is 0.574. The Hall–Kier alpha value is -6.64. The molecule has 5 rings (SSSR count). The molecule has 2 aromatic carbocycles. The van der Waals surface area contributed by atoms with E-state index in [1.54, 1.807) is 24.3 Å². The lowest BCUT2D eigenvalue weighted by atomic mass is 9.98. The highest BCUT2D eigenvalue weighted by atomic mass is 16.6. The van der Waals surface area contributed by atoms with Crippen LogP contribution in [0.2, 0.25) is 0 Å². The van der Waals surface area contributed by atoms with Gasteiger partial charge >= 0.3 is 6.09 Å². The number of carbonyl (C=O) groups is 8. The number of fused-ring (bicyclic) bond motifs is 2. The molecule has 25 heteroatoms. The SMILES string of the molecule is C[C@@H](O)[C@@H]1NC(=O)[C@@H](NC(=O)OC(C)(C)C)C[C@@H](O)CNC(=O)[C@@H]2[C@@H](O)[C@@H](C)CN2C(=O)[C@H]([C@H](O)CC(N)=O)NC(=O)[C@H]([C@H](O)Cc2ccc(OCc3ccccc3)c(O)c2)NC(=O)[C@@H]2C[C@@H](O)CN2C1=O. The molecule has 8 amide bonds. The Morgan fingerprint density at radius 2 is 1.43 bits per heavy atom. The van der Waals surface area contributed by atoms with Crippen LogP contribution >= 0.6 is 0 Å². The first-order valence-electron chi connectivity index (χ1n) is 23.4. The second-order valence-electron chi connectivity index (χ2n) is 19.4. The van der Waals surface area contributed by atoms with Crippen molar-refractivity contribution in [3.8, 4) is 11.5 Å². The van der Waals surface area contributed by atoms with Crippen molar-refractivity contribution in [2.75, 3.05) is 19.6 Å². The molecule has 0 radical (unpaired) electrons. The number of carbonyl (C=O) groups excluding carboxylic acids is 8. The smallest absolute Gasteiger partial charge is 0.408 e. The van der Waals surface area contributed by atoms with E-state index in [-0.39, 0.29) is 30.2 Å². The van der Waals surface area contributed by atoms with Crippen LogP contribution in [-0.4, -0.2) is 191 Å². The zero-order valence-electron chi connectivity index (χ0n) is 40.5. The number of benzene rings is 2. The van der Waals surface area contributed by atoms with Crippen molar-refractivity contribution in [2.45, 2.75) is 145 Å². The molecule has 3 heterocycles. The van der Waals surface area contributed by atoms with Crippen LogP contribution in [-0.2, 0) is 51.3 Å². The van der Waals surface area contributed by atoms with Gasteiger partial charge in [0.15, 0.2) is 11.5 Å². The molecule has 72 heavy (non-hydrogen) atoms. The van der Waals surface area contributed by atoms with Crippen LogP contribution in [0.4, 0.5) is 4.79 Å². The summed E-state index contributed by atoms with van der Waals surface area (Å²) < 4.78 is 11.0. The molecule has 0 aliphatic carbocycles. The summed E-state index contributed by atoms with van der Waals surface area (Å²) in [7, 11) is 0. The van der Waals surface area contributed by atoms with E-state index in [1.807, 2.05) is 6.07 Å². The molecule has 396 valence electrons. The number of rotatable bonds is 11. The van der Waals surface area contributed by atoms with E-state index < -0.39 is 171 Å². The number of hydrogen-bond acceptors (Lipinski definition) is 17. The molecule has 0 aromatic heterocycles.